The summed E-state index contributed by atoms with van der Waals surface area (Å²) >= 11 is 6.40. The summed E-state index contributed by atoms with van der Waals surface area (Å²) in [6, 6.07) is 4.82. The van der Waals surface area contributed by atoms with E-state index in [1.54, 1.807) is 0 Å². The Morgan fingerprint density at radius 3 is 2.52 bits per heavy atom. The highest BCUT2D eigenvalue weighted by Crippen LogP contribution is 2.40. The van der Waals surface area contributed by atoms with E-state index >= 15 is 0 Å². The molecule has 3 aliphatic heterocycles. The van der Waals surface area contributed by atoms with Crippen LogP contribution in [-0.4, -0.2) is 35.0 Å². The van der Waals surface area contributed by atoms with Crippen molar-refractivity contribution < 1.29 is 14.6 Å². The number of piperidine rings is 2. The van der Waals surface area contributed by atoms with Crippen LogP contribution >= 0.6 is 11.6 Å². The Morgan fingerprint density at radius 1 is 1.14 bits per heavy atom. The van der Waals surface area contributed by atoms with Crippen molar-refractivity contribution in [2.24, 2.45) is 0 Å². The Hall–Kier alpha value is -0.970. The van der Waals surface area contributed by atoms with Gasteiger partial charge in [-0.15, -0.1) is 0 Å². The molecule has 0 amide bonds. The third kappa shape index (κ3) is 2.50. The fourth-order valence-corrected chi connectivity index (χ4v) is 4.20. The first-order valence-electron chi connectivity index (χ1n) is 7.72. The van der Waals surface area contributed by atoms with Crippen LogP contribution in [-0.2, 0) is 6.54 Å². The Bertz CT molecular complexity index is 537. The summed E-state index contributed by atoms with van der Waals surface area (Å²) < 4.78 is 10.8. The number of hydrogen-bond donors (Lipinski definition) is 1. The SMILES string of the molecule is OC1C[C@H]2CCC[C@@H](C1)N2Cc1cc2c(cc1Cl)OCO2. The molecular formula is C16H20ClNO3. The molecule has 2 fully saturated rings. The molecule has 3 heterocycles. The second-order valence-corrected chi connectivity index (χ2v) is 6.74. The number of aliphatic hydroxyl groups excluding tert-OH is 1. The number of nitrogens with zero attached hydrogens (tertiary/aromatic N) is 1. The predicted octanol–water partition coefficient (Wildman–Crippen LogP) is 2.95. The van der Waals surface area contributed by atoms with Gasteiger partial charge >= 0.3 is 0 Å². The molecule has 114 valence electrons. The molecule has 3 atom stereocenters. The van der Waals surface area contributed by atoms with E-state index in [1.807, 2.05) is 12.1 Å². The van der Waals surface area contributed by atoms with Crippen molar-refractivity contribution in [3.63, 3.8) is 0 Å². The summed E-state index contributed by atoms with van der Waals surface area (Å²) in [6.45, 7) is 1.10. The van der Waals surface area contributed by atoms with Gasteiger partial charge in [-0.3, -0.25) is 4.90 Å². The zero-order chi connectivity index (χ0) is 14.4. The summed E-state index contributed by atoms with van der Waals surface area (Å²) in [6.07, 6.45) is 5.26. The molecule has 1 unspecified atom stereocenters. The monoisotopic (exact) mass is 309 g/mol. The van der Waals surface area contributed by atoms with Crippen LogP contribution in [0.5, 0.6) is 11.5 Å². The minimum Gasteiger partial charge on any atom is -0.454 e. The lowest BCUT2D eigenvalue weighted by atomic mass is 9.82. The molecule has 21 heavy (non-hydrogen) atoms. The molecule has 0 radical (unpaired) electrons. The van der Waals surface area contributed by atoms with Crippen LogP contribution in [0.15, 0.2) is 12.1 Å². The van der Waals surface area contributed by atoms with Crippen LogP contribution in [0.1, 0.15) is 37.7 Å². The van der Waals surface area contributed by atoms with Gasteiger partial charge < -0.3 is 14.6 Å². The molecule has 2 saturated heterocycles. The maximum Gasteiger partial charge on any atom is 0.231 e. The highest BCUT2D eigenvalue weighted by atomic mass is 35.5. The van der Waals surface area contributed by atoms with Crippen LogP contribution < -0.4 is 9.47 Å². The van der Waals surface area contributed by atoms with E-state index in [2.05, 4.69) is 4.90 Å². The standard InChI is InChI=1S/C16H20ClNO3/c17-14-7-16-15(20-9-21-16)4-10(14)8-18-11-2-1-3-12(18)6-13(19)5-11/h4,7,11-13,19H,1-3,5-6,8-9H2/t11-,12+,13?. The lowest BCUT2D eigenvalue weighted by Crippen LogP contribution is -2.52. The fourth-order valence-electron chi connectivity index (χ4n) is 3.99. The summed E-state index contributed by atoms with van der Waals surface area (Å²) in [4.78, 5) is 2.53. The van der Waals surface area contributed by atoms with Gasteiger partial charge in [-0.2, -0.15) is 0 Å². The topological polar surface area (TPSA) is 41.9 Å². The molecule has 4 rings (SSSR count). The molecule has 3 aliphatic rings. The Morgan fingerprint density at radius 2 is 1.81 bits per heavy atom. The molecule has 2 bridgehead atoms. The van der Waals surface area contributed by atoms with E-state index in [0.29, 0.717) is 12.1 Å². The average molecular weight is 310 g/mol. The molecule has 0 spiro atoms. The van der Waals surface area contributed by atoms with Gasteiger partial charge in [-0.05, 0) is 37.3 Å². The molecule has 0 saturated carbocycles. The first-order valence-corrected chi connectivity index (χ1v) is 8.10. The van der Waals surface area contributed by atoms with Gasteiger partial charge in [-0.25, -0.2) is 0 Å². The van der Waals surface area contributed by atoms with Gasteiger partial charge in [0.25, 0.3) is 0 Å². The van der Waals surface area contributed by atoms with Gasteiger partial charge in [0.1, 0.15) is 0 Å². The van der Waals surface area contributed by atoms with E-state index in [0.717, 1.165) is 41.5 Å². The van der Waals surface area contributed by atoms with E-state index in [4.69, 9.17) is 21.1 Å². The summed E-state index contributed by atoms with van der Waals surface area (Å²) in [7, 11) is 0. The highest BCUT2D eigenvalue weighted by molar-refractivity contribution is 6.31. The van der Waals surface area contributed by atoms with Crippen LogP contribution in [0.4, 0.5) is 0 Å². The quantitative estimate of drug-likeness (QED) is 0.912. The largest absolute Gasteiger partial charge is 0.454 e. The van der Waals surface area contributed by atoms with Crippen molar-refractivity contribution in [2.45, 2.75) is 56.8 Å². The molecule has 4 nitrogen and oxygen atoms in total. The van der Waals surface area contributed by atoms with Crippen LogP contribution in [0.3, 0.4) is 0 Å². The summed E-state index contributed by atoms with van der Waals surface area (Å²) in [5.74, 6) is 1.52. The highest BCUT2D eigenvalue weighted by Gasteiger charge is 2.37. The van der Waals surface area contributed by atoms with Crippen LogP contribution in [0.25, 0.3) is 0 Å². The van der Waals surface area contributed by atoms with Crippen molar-refractivity contribution in [1.82, 2.24) is 4.90 Å². The number of fused-ring (bicyclic) bond motifs is 3. The molecular weight excluding hydrogens is 290 g/mol. The van der Waals surface area contributed by atoms with Crippen molar-refractivity contribution in [3.8, 4) is 11.5 Å². The number of hydrogen-bond acceptors (Lipinski definition) is 4. The van der Waals surface area contributed by atoms with Gasteiger partial charge in [-0.1, -0.05) is 18.0 Å². The average Bonchev–Trinajstić information content (AvgIpc) is 2.87. The number of ether oxygens (including phenoxy) is 2. The number of halogens is 1. The van der Waals surface area contributed by atoms with Crippen molar-refractivity contribution in [1.29, 1.82) is 0 Å². The van der Waals surface area contributed by atoms with Crippen LogP contribution in [0, 0.1) is 0 Å². The smallest absolute Gasteiger partial charge is 0.231 e. The van der Waals surface area contributed by atoms with E-state index in [-0.39, 0.29) is 12.9 Å². The summed E-state index contributed by atoms with van der Waals surface area (Å²) in [5.41, 5.74) is 1.09. The molecule has 0 aliphatic carbocycles. The molecule has 1 aromatic rings. The van der Waals surface area contributed by atoms with E-state index in [9.17, 15) is 5.11 Å². The van der Waals surface area contributed by atoms with Gasteiger partial charge in [0.2, 0.25) is 6.79 Å². The Balaban J connectivity index is 1.58. The number of benzene rings is 1. The van der Waals surface area contributed by atoms with Gasteiger partial charge in [0.15, 0.2) is 11.5 Å². The van der Waals surface area contributed by atoms with Gasteiger partial charge in [0, 0.05) is 29.7 Å². The maximum atomic E-state index is 9.99. The zero-order valence-corrected chi connectivity index (χ0v) is 12.7. The zero-order valence-electron chi connectivity index (χ0n) is 11.9. The summed E-state index contributed by atoms with van der Waals surface area (Å²) in [5, 5.41) is 10.7. The Labute approximate surface area is 129 Å². The fraction of sp³-hybridized carbons (Fsp3) is 0.625. The van der Waals surface area contributed by atoms with Gasteiger partial charge in [0.05, 0.1) is 6.10 Å². The molecule has 1 aromatic carbocycles. The minimum absolute atomic E-state index is 0.135. The normalized spacial score (nSPS) is 31.4. The lowest BCUT2D eigenvalue weighted by molar-refractivity contribution is -0.0312. The van der Waals surface area contributed by atoms with E-state index < -0.39 is 0 Å². The third-order valence-corrected chi connectivity index (χ3v) is 5.35. The van der Waals surface area contributed by atoms with Crippen molar-refractivity contribution in [3.05, 3.63) is 22.7 Å². The minimum atomic E-state index is -0.135. The Kier molecular flexibility index (Phi) is 3.48. The molecule has 5 heteroatoms. The first kappa shape index (κ1) is 13.7. The second-order valence-electron chi connectivity index (χ2n) is 6.33. The number of aliphatic hydroxyl groups is 1. The lowest BCUT2D eigenvalue weighted by Gasteiger charge is -2.48. The second kappa shape index (κ2) is 5.34. The third-order valence-electron chi connectivity index (χ3n) is 5.00. The first-order chi connectivity index (χ1) is 10.2. The predicted molar refractivity (Wildman–Crippen MR) is 79.8 cm³/mol. The molecule has 1 N–H and O–H groups in total. The maximum absolute atomic E-state index is 9.99. The number of rotatable bonds is 2. The van der Waals surface area contributed by atoms with Crippen molar-refractivity contribution >= 4 is 11.6 Å². The van der Waals surface area contributed by atoms with E-state index in [1.165, 1.54) is 19.3 Å². The van der Waals surface area contributed by atoms with Crippen molar-refractivity contribution in [2.75, 3.05) is 6.79 Å². The molecule has 0 aromatic heterocycles. The van der Waals surface area contributed by atoms with Crippen LogP contribution in [0.2, 0.25) is 5.02 Å².